The molecule has 0 bridgehead atoms. The normalized spacial score (nSPS) is 15.0. The number of hydrogen-bond donors (Lipinski definition) is 2. The quantitative estimate of drug-likeness (QED) is 0.542. The molecule has 2 amide bonds. The zero-order valence-corrected chi connectivity index (χ0v) is 18.9. The number of nitrogens with zero attached hydrogens (tertiary/aromatic N) is 1. The smallest absolute Gasteiger partial charge is 0.245 e. The fourth-order valence-electron chi connectivity index (χ4n) is 3.05. The van der Waals surface area contributed by atoms with E-state index in [0.29, 0.717) is 31.8 Å². The van der Waals surface area contributed by atoms with Crippen molar-refractivity contribution in [2.24, 2.45) is 5.92 Å². The highest BCUT2D eigenvalue weighted by Crippen LogP contribution is 2.17. The van der Waals surface area contributed by atoms with Gasteiger partial charge in [0.2, 0.25) is 11.8 Å². The number of likely N-dealkylation sites (tertiary alicyclic amines) is 1. The van der Waals surface area contributed by atoms with Gasteiger partial charge in [0.15, 0.2) is 0 Å². The molecule has 0 aromatic heterocycles. The topological polar surface area (TPSA) is 69.6 Å². The second-order valence-corrected chi connectivity index (χ2v) is 6.64. The van der Waals surface area contributed by atoms with Crippen LogP contribution in [0.15, 0.2) is 0 Å². The van der Waals surface area contributed by atoms with E-state index >= 15 is 0 Å². The lowest BCUT2D eigenvalue weighted by molar-refractivity contribution is -0.138. The van der Waals surface area contributed by atoms with Crippen molar-refractivity contribution in [2.45, 2.75) is 105 Å². The van der Waals surface area contributed by atoms with E-state index in [9.17, 15) is 9.59 Å². The third-order valence-corrected chi connectivity index (χ3v) is 4.73. The number of piperidine rings is 1. The van der Waals surface area contributed by atoms with Crippen molar-refractivity contribution < 1.29 is 14.7 Å². The Morgan fingerprint density at radius 3 is 2.04 bits per heavy atom. The lowest BCUT2D eigenvalue weighted by Gasteiger charge is -2.33. The average Bonchev–Trinajstić information content (AvgIpc) is 2.74. The van der Waals surface area contributed by atoms with Crippen LogP contribution in [-0.2, 0) is 9.59 Å². The molecule has 0 aromatic carbocycles. The van der Waals surface area contributed by atoms with Gasteiger partial charge in [0.1, 0.15) is 6.04 Å². The molecule has 0 radical (unpaired) electrons. The van der Waals surface area contributed by atoms with Crippen molar-refractivity contribution in [3.05, 3.63) is 0 Å². The number of carbonyl (C=O) groups excluding carboxylic acids is 2. The second kappa shape index (κ2) is 19.7. The first-order valence-corrected chi connectivity index (χ1v) is 11.3. The molecule has 1 aliphatic heterocycles. The number of amides is 2. The highest BCUT2D eigenvalue weighted by atomic mass is 16.3. The Balaban J connectivity index is 0. The Kier molecular flexibility index (Phi) is 20.5. The highest BCUT2D eigenvalue weighted by Gasteiger charge is 2.27. The minimum absolute atomic E-state index is 0.00746. The van der Waals surface area contributed by atoms with Gasteiger partial charge in [-0.1, -0.05) is 67.2 Å². The summed E-state index contributed by atoms with van der Waals surface area (Å²) in [5.41, 5.74) is 0. The molecule has 0 saturated carbocycles. The van der Waals surface area contributed by atoms with Crippen LogP contribution in [0.5, 0.6) is 0 Å². The minimum atomic E-state index is -0.399. The van der Waals surface area contributed by atoms with E-state index in [-0.39, 0.29) is 18.4 Å². The summed E-state index contributed by atoms with van der Waals surface area (Å²) in [4.78, 5) is 26.4. The fraction of sp³-hybridized carbons (Fsp3) is 0.909. The molecule has 0 spiro atoms. The lowest BCUT2D eigenvalue weighted by Crippen LogP contribution is -2.50. The number of nitrogens with one attached hydrogen (secondary N) is 1. The van der Waals surface area contributed by atoms with Gasteiger partial charge in [0, 0.05) is 26.1 Å². The summed E-state index contributed by atoms with van der Waals surface area (Å²) in [7, 11) is 0. The van der Waals surface area contributed by atoms with Crippen LogP contribution < -0.4 is 5.32 Å². The van der Waals surface area contributed by atoms with E-state index in [1.807, 2.05) is 39.5 Å². The molecule has 1 saturated heterocycles. The predicted octanol–water partition coefficient (Wildman–Crippen LogP) is 4.53. The standard InChI is InChI=1S/C18H34N2O3.2C2H6/c1-3-5-6-7-8-9-17(22)19-16(4-2)18(23)20-12-10-15(14-21)11-13-20;2*1-2/h15-16,21H,3-14H2,1-2H3,(H,19,22);2*1-2H3. The van der Waals surface area contributed by atoms with Gasteiger partial charge in [-0.3, -0.25) is 9.59 Å². The average molecular weight is 387 g/mol. The Labute approximate surface area is 168 Å². The zero-order chi connectivity index (χ0) is 21.1. The van der Waals surface area contributed by atoms with E-state index < -0.39 is 6.04 Å². The first kappa shape index (κ1) is 28.1. The monoisotopic (exact) mass is 386 g/mol. The van der Waals surface area contributed by atoms with Gasteiger partial charge in [0.05, 0.1) is 0 Å². The van der Waals surface area contributed by atoms with Gasteiger partial charge in [-0.05, 0) is 31.6 Å². The molecule has 1 heterocycles. The van der Waals surface area contributed by atoms with Crippen LogP contribution >= 0.6 is 0 Å². The molecule has 2 N–H and O–H groups in total. The molecule has 162 valence electrons. The number of rotatable bonds is 10. The number of unbranched alkanes of at least 4 members (excludes halogenated alkanes) is 4. The summed E-state index contributed by atoms with van der Waals surface area (Å²) in [6.45, 7) is 13.7. The van der Waals surface area contributed by atoms with Crippen LogP contribution in [0.25, 0.3) is 0 Å². The number of aliphatic hydroxyl groups excluding tert-OH is 1. The largest absolute Gasteiger partial charge is 0.396 e. The summed E-state index contributed by atoms with van der Waals surface area (Å²) in [6.07, 6.45) is 8.43. The van der Waals surface area contributed by atoms with E-state index in [0.717, 1.165) is 25.7 Å². The highest BCUT2D eigenvalue weighted by molar-refractivity contribution is 5.87. The third-order valence-electron chi connectivity index (χ3n) is 4.73. The summed E-state index contributed by atoms with van der Waals surface area (Å²) < 4.78 is 0. The Hall–Kier alpha value is -1.10. The Bertz CT molecular complexity index is 353. The molecular formula is C22H46N2O3. The van der Waals surface area contributed by atoms with Crippen molar-refractivity contribution in [1.29, 1.82) is 0 Å². The van der Waals surface area contributed by atoms with Gasteiger partial charge in [-0.2, -0.15) is 0 Å². The van der Waals surface area contributed by atoms with Crippen LogP contribution in [-0.4, -0.2) is 47.6 Å². The van der Waals surface area contributed by atoms with Crippen molar-refractivity contribution in [2.75, 3.05) is 19.7 Å². The van der Waals surface area contributed by atoms with Crippen molar-refractivity contribution >= 4 is 11.8 Å². The van der Waals surface area contributed by atoms with Crippen LogP contribution in [0.2, 0.25) is 0 Å². The van der Waals surface area contributed by atoms with E-state index in [4.69, 9.17) is 5.11 Å². The predicted molar refractivity (Wildman–Crippen MR) is 115 cm³/mol. The molecule has 0 aliphatic carbocycles. The SMILES string of the molecule is CC.CC.CCCCCCCC(=O)NC(CC)C(=O)N1CCC(CO)CC1. The Morgan fingerprint density at radius 2 is 1.56 bits per heavy atom. The fourth-order valence-corrected chi connectivity index (χ4v) is 3.05. The number of hydrogen-bond acceptors (Lipinski definition) is 3. The molecule has 1 aliphatic rings. The van der Waals surface area contributed by atoms with Crippen molar-refractivity contribution in [1.82, 2.24) is 10.2 Å². The van der Waals surface area contributed by atoms with Crippen LogP contribution in [0, 0.1) is 5.92 Å². The van der Waals surface area contributed by atoms with Gasteiger partial charge < -0.3 is 15.3 Å². The van der Waals surface area contributed by atoms with Crippen molar-refractivity contribution in [3.63, 3.8) is 0 Å². The second-order valence-electron chi connectivity index (χ2n) is 6.64. The summed E-state index contributed by atoms with van der Waals surface area (Å²) in [6, 6.07) is -0.399. The molecule has 1 fully saturated rings. The molecular weight excluding hydrogens is 340 g/mol. The van der Waals surface area contributed by atoms with Crippen LogP contribution in [0.4, 0.5) is 0 Å². The van der Waals surface area contributed by atoms with E-state index in [1.54, 1.807) is 0 Å². The summed E-state index contributed by atoms with van der Waals surface area (Å²) >= 11 is 0. The van der Waals surface area contributed by atoms with Gasteiger partial charge in [-0.25, -0.2) is 0 Å². The maximum atomic E-state index is 12.5. The third kappa shape index (κ3) is 12.8. The first-order chi connectivity index (χ1) is 13.1. The molecule has 1 unspecified atom stereocenters. The molecule has 1 atom stereocenters. The minimum Gasteiger partial charge on any atom is -0.396 e. The van der Waals surface area contributed by atoms with Gasteiger partial charge in [0.25, 0.3) is 0 Å². The molecule has 0 aromatic rings. The van der Waals surface area contributed by atoms with Crippen LogP contribution in [0.3, 0.4) is 0 Å². The maximum Gasteiger partial charge on any atom is 0.245 e. The first-order valence-electron chi connectivity index (χ1n) is 11.3. The number of aliphatic hydroxyl groups is 1. The van der Waals surface area contributed by atoms with Gasteiger partial charge in [-0.15, -0.1) is 0 Å². The zero-order valence-electron chi connectivity index (χ0n) is 18.9. The maximum absolute atomic E-state index is 12.5. The van der Waals surface area contributed by atoms with Crippen molar-refractivity contribution in [3.8, 4) is 0 Å². The van der Waals surface area contributed by atoms with Gasteiger partial charge >= 0.3 is 0 Å². The lowest BCUT2D eigenvalue weighted by atomic mass is 9.97. The number of carbonyl (C=O) groups is 2. The molecule has 27 heavy (non-hydrogen) atoms. The summed E-state index contributed by atoms with van der Waals surface area (Å²) in [5.74, 6) is 0.340. The molecule has 5 heteroatoms. The van der Waals surface area contributed by atoms with E-state index in [1.165, 1.54) is 19.3 Å². The summed E-state index contributed by atoms with van der Waals surface area (Å²) in [5, 5.41) is 12.1. The van der Waals surface area contributed by atoms with E-state index in [2.05, 4.69) is 12.2 Å². The molecule has 1 rings (SSSR count). The molecule has 5 nitrogen and oxygen atoms in total. The van der Waals surface area contributed by atoms with Crippen LogP contribution in [0.1, 0.15) is 99.3 Å². The Morgan fingerprint density at radius 1 is 1.00 bits per heavy atom.